The minimum atomic E-state index is -4.01. The topological polar surface area (TPSA) is 94.2 Å². The Balaban J connectivity index is 1.88. The number of amides is 1. The number of carbonyl (C=O) groups is 1. The highest BCUT2D eigenvalue weighted by Crippen LogP contribution is 2.30. The Labute approximate surface area is 206 Å². The molecule has 1 atom stereocenters. The van der Waals surface area contributed by atoms with Gasteiger partial charge in [-0.15, -0.1) is 0 Å². The summed E-state index contributed by atoms with van der Waals surface area (Å²) in [5.74, 6) is 1.23. The summed E-state index contributed by atoms with van der Waals surface area (Å²) in [5.41, 5.74) is 2.06. The molecule has 8 nitrogen and oxygen atoms in total. The summed E-state index contributed by atoms with van der Waals surface area (Å²) in [6, 6.07) is 18.0. The summed E-state index contributed by atoms with van der Waals surface area (Å²) in [7, 11) is 0.598. The molecule has 3 aromatic carbocycles. The fraction of sp³-hybridized carbons (Fsp3) is 0.269. The fourth-order valence-electron chi connectivity index (χ4n) is 3.52. The quantitative estimate of drug-likeness (QED) is 0.452. The molecule has 0 aliphatic carbocycles. The van der Waals surface area contributed by atoms with E-state index in [4.69, 9.17) is 14.2 Å². The number of nitrogens with one attached hydrogen (secondary N) is 1. The molecule has 0 aromatic heterocycles. The van der Waals surface area contributed by atoms with E-state index >= 15 is 0 Å². The van der Waals surface area contributed by atoms with Crippen molar-refractivity contribution in [2.24, 2.45) is 0 Å². The number of rotatable bonds is 10. The third-order valence-electron chi connectivity index (χ3n) is 5.54. The number of hydrogen-bond donors (Lipinski definition) is 1. The monoisotopic (exact) mass is 498 g/mol. The van der Waals surface area contributed by atoms with Gasteiger partial charge in [-0.3, -0.25) is 9.10 Å². The molecular weight excluding hydrogens is 468 g/mol. The SMILES string of the molecule is COc1ccc(N(CC(=O)N[C@@H](C)c2ccc(OC)c(OC)c2)S(=O)(=O)c2ccc(C)cc2)cc1. The van der Waals surface area contributed by atoms with Crippen LogP contribution >= 0.6 is 0 Å². The van der Waals surface area contributed by atoms with E-state index in [9.17, 15) is 13.2 Å². The third-order valence-corrected chi connectivity index (χ3v) is 7.33. The van der Waals surface area contributed by atoms with Gasteiger partial charge in [0.1, 0.15) is 12.3 Å². The zero-order valence-electron chi connectivity index (χ0n) is 20.4. The van der Waals surface area contributed by atoms with E-state index in [1.807, 2.05) is 19.9 Å². The molecule has 0 aliphatic heterocycles. The van der Waals surface area contributed by atoms with E-state index in [-0.39, 0.29) is 4.90 Å². The van der Waals surface area contributed by atoms with Crippen LogP contribution in [0, 0.1) is 6.92 Å². The Hall–Kier alpha value is -3.72. The maximum Gasteiger partial charge on any atom is 0.264 e. The number of ether oxygens (including phenoxy) is 3. The first kappa shape index (κ1) is 25.9. The first-order valence-electron chi connectivity index (χ1n) is 10.9. The average molecular weight is 499 g/mol. The Morgan fingerprint density at radius 2 is 1.51 bits per heavy atom. The molecule has 3 aromatic rings. The third kappa shape index (κ3) is 6.05. The van der Waals surface area contributed by atoms with Crippen molar-refractivity contribution in [2.45, 2.75) is 24.8 Å². The molecule has 0 fully saturated rings. The molecule has 0 saturated heterocycles. The molecule has 0 saturated carbocycles. The van der Waals surface area contributed by atoms with Crippen molar-refractivity contribution in [3.8, 4) is 17.2 Å². The summed E-state index contributed by atoms with van der Waals surface area (Å²) in [5, 5.41) is 2.87. The van der Waals surface area contributed by atoms with Gasteiger partial charge in [-0.2, -0.15) is 0 Å². The second-order valence-electron chi connectivity index (χ2n) is 7.93. The zero-order chi connectivity index (χ0) is 25.6. The number of anilines is 1. The number of benzene rings is 3. The predicted molar refractivity (Wildman–Crippen MR) is 135 cm³/mol. The maximum absolute atomic E-state index is 13.5. The Morgan fingerprint density at radius 1 is 0.886 bits per heavy atom. The molecule has 1 amide bonds. The second-order valence-corrected chi connectivity index (χ2v) is 9.79. The molecule has 0 bridgehead atoms. The van der Waals surface area contributed by atoms with Crippen LogP contribution in [0.1, 0.15) is 24.1 Å². The van der Waals surface area contributed by atoms with E-state index < -0.39 is 28.5 Å². The summed E-state index contributed by atoms with van der Waals surface area (Å²) >= 11 is 0. The molecule has 0 heterocycles. The van der Waals surface area contributed by atoms with Crippen LogP contribution in [0.5, 0.6) is 17.2 Å². The van der Waals surface area contributed by atoms with Crippen molar-refractivity contribution in [2.75, 3.05) is 32.2 Å². The van der Waals surface area contributed by atoms with Gasteiger partial charge in [-0.25, -0.2) is 8.42 Å². The molecule has 9 heteroatoms. The van der Waals surface area contributed by atoms with Gasteiger partial charge >= 0.3 is 0 Å². The summed E-state index contributed by atoms with van der Waals surface area (Å²) < 4.78 is 43.9. The number of hydrogen-bond acceptors (Lipinski definition) is 6. The van der Waals surface area contributed by atoms with E-state index in [0.717, 1.165) is 15.4 Å². The van der Waals surface area contributed by atoms with Crippen LogP contribution in [0.2, 0.25) is 0 Å². The smallest absolute Gasteiger partial charge is 0.264 e. The van der Waals surface area contributed by atoms with Crippen molar-refractivity contribution in [1.82, 2.24) is 5.32 Å². The maximum atomic E-state index is 13.5. The van der Waals surface area contributed by atoms with Gasteiger partial charge in [-0.05, 0) is 67.9 Å². The summed E-state index contributed by atoms with van der Waals surface area (Å²) in [6.45, 7) is 3.28. The number of methoxy groups -OCH3 is 3. The van der Waals surface area contributed by atoms with Crippen molar-refractivity contribution in [1.29, 1.82) is 0 Å². The highest BCUT2D eigenvalue weighted by atomic mass is 32.2. The molecule has 35 heavy (non-hydrogen) atoms. The standard InChI is InChI=1S/C26H30N2O6S/c1-18-6-13-23(14-7-18)35(30,31)28(21-9-11-22(32-3)12-10-21)17-26(29)27-19(2)20-8-15-24(33-4)25(16-20)34-5/h6-16,19H,17H2,1-5H3,(H,27,29)/t19-/m0/s1. The van der Waals surface area contributed by atoms with Crippen LogP contribution in [0.15, 0.2) is 71.6 Å². The van der Waals surface area contributed by atoms with Crippen LogP contribution in [0.25, 0.3) is 0 Å². The molecule has 0 unspecified atom stereocenters. The van der Waals surface area contributed by atoms with Crippen LogP contribution in [-0.4, -0.2) is 42.2 Å². The normalized spacial score (nSPS) is 11.9. The minimum Gasteiger partial charge on any atom is -0.497 e. The van der Waals surface area contributed by atoms with Crippen LogP contribution < -0.4 is 23.8 Å². The molecule has 186 valence electrons. The molecule has 1 N–H and O–H groups in total. The number of carbonyl (C=O) groups excluding carboxylic acids is 1. The second kappa shape index (κ2) is 11.1. The number of nitrogens with zero attached hydrogens (tertiary/aromatic N) is 1. The van der Waals surface area contributed by atoms with Gasteiger partial charge in [0.2, 0.25) is 5.91 Å². The Kier molecular flexibility index (Phi) is 8.24. The van der Waals surface area contributed by atoms with Crippen molar-refractivity contribution in [3.05, 3.63) is 77.9 Å². The molecule has 0 radical (unpaired) electrons. The highest BCUT2D eigenvalue weighted by molar-refractivity contribution is 7.92. The zero-order valence-corrected chi connectivity index (χ0v) is 21.3. The van der Waals surface area contributed by atoms with Crippen molar-refractivity contribution in [3.63, 3.8) is 0 Å². The van der Waals surface area contributed by atoms with Crippen molar-refractivity contribution >= 4 is 21.6 Å². The lowest BCUT2D eigenvalue weighted by Gasteiger charge is -2.25. The van der Waals surface area contributed by atoms with Gasteiger partial charge in [0.25, 0.3) is 10.0 Å². The van der Waals surface area contributed by atoms with Crippen LogP contribution in [0.4, 0.5) is 5.69 Å². The van der Waals surface area contributed by atoms with E-state index in [1.165, 1.54) is 26.4 Å². The highest BCUT2D eigenvalue weighted by Gasteiger charge is 2.28. The number of aryl methyl sites for hydroxylation is 1. The Morgan fingerprint density at radius 3 is 2.09 bits per heavy atom. The Bertz CT molecular complexity index is 1260. The van der Waals surface area contributed by atoms with Crippen molar-refractivity contribution < 1.29 is 27.4 Å². The molecule has 0 spiro atoms. The van der Waals surface area contributed by atoms with Gasteiger partial charge < -0.3 is 19.5 Å². The largest absolute Gasteiger partial charge is 0.497 e. The van der Waals surface area contributed by atoms with Crippen LogP contribution in [0.3, 0.4) is 0 Å². The first-order valence-corrected chi connectivity index (χ1v) is 12.4. The van der Waals surface area contributed by atoms with Crippen LogP contribution in [-0.2, 0) is 14.8 Å². The summed E-state index contributed by atoms with van der Waals surface area (Å²) in [6.07, 6.45) is 0. The van der Waals surface area contributed by atoms with E-state index in [2.05, 4.69) is 5.32 Å². The van der Waals surface area contributed by atoms with E-state index in [0.29, 0.717) is 22.9 Å². The van der Waals surface area contributed by atoms with Gasteiger partial charge in [0, 0.05) is 0 Å². The molecule has 3 rings (SSSR count). The lowest BCUT2D eigenvalue weighted by atomic mass is 10.1. The van der Waals surface area contributed by atoms with Gasteiger partial charge in [-0.1, -0.05) is 23.8 Å². The fourth-order valence-corrected chi connectivity index (χ4v) is 4.95. The predicted octanol–water partition coefficient (Wildman–Crippen LogP) is 4.09. The minimum absolute atomic E-state index is 0.0969. The van der Waals surface area contributed by atoms with Gasteiger partial charge in [0.05, 0.1) is 38.0 Å². The molecule has 0 aliphatic rings. The lowest BCUT2D eigenvalue weighted by molar-refractivity contribution is -0.120. The lowest BCUT2D eigenvalue weighted by Crippen LogP contribution is -2.41. The van der Waals surface area contributed by atoms with E-state index in [1.54, 1.807) is 55.6 Å². The van der Waals surface area contributed by atoms with Gasteiger partial charge in [0.15, 0.2) is 11.5 Å². The first-order chi connectivity index (χ1) is 16.7. The average Bonchev–Trinajstić information content (AvgIpc) is 2.87. The summed E-state index contributed by atoms with van der Waals surface area (Å²) in [4.78, 5) is 13.1. The number of sulfonamides is 1. The molecular formula is C26H30N2O6S.